The van der Waals surface area contributed by atoms with Gasteiger partial charge in [0.2, 0.25) is 0 Å². The quantitative estimate of drug-likeness (QED) is 0.444. The normalized spacial score (nSPS) is 11.1. The molecule has 26 heavy (non-hydrogen) atoms. The second-order valence-electron chi connectivity index (χ2n) is 5.52. The van der Waals surface area contributed by atoms with E-state index >= 15 is 0 Å². The fourth-order valence-electron chi connectivity index (χ4n) is 2.48. The molecule has 0 spiro atoms. The van der Waals surface area contributed by atoms with Gasteiger partial charge in [0.1, 0.15) is 5.75 Å². The van der Waals surface area contributed by atoms with Crippen molar-refractivity contribution in [1.29, 1.82) is 0 Å². The highest BCUT2D eigenvalue weighted by Crippen LogP contribution is 2.18. The topological polar surface area (TPSA) is 76.7 Å². The molecule has 0 atom stereocenters. The lowest BCUT2D eigenvalue weighted by molar-refractivity contribution is 0.415. The SMILES string of the molecule is COc1ccc(/C=N\Nc2ccc3nnc(-c4ccccc4)n3n2)cc1. The molecule has 0 radical (unpaired) electrons. The van der Waals surface area contributed by atoms with E-state index in [4.69, 9.17) is 4.74 Å². The van der Waals surface area contributed by atoms with Gasteiger partial charge in [0.15, 0.2) is 17.3 Å². The summed E-state index contributed by atoms with van der Waals surface area (Å²) in [6.45, 7) is 0. The number of hydrogen-bond donors (Lipinski definition) is 1. The summed E-state index contributed by atoms with van der Waals surface area (Å²) in [6, 6.07) is 21.1. The van der Waals surface area contributed by atoms with Crippen molar-refractivity contribution in [3.63, 3.8) is 0 Å². The van der Waals surface area contributed by atoms with Crippen LogP contribution >= 0.6 is 0 Å². The maximum atomic E-state index is 5.14. The van der Waals surface area contributed by atoms with Crippen molar-refractivity contribution in [3.8, 4) is 17.1 Å². The van der Waals surface area contributed by atoms with Crippen LogP contribution in [0.3, 0.4) is 0 Å². The molecule has 0 aliphatic rings. The minimum atomic E-state index is 0.597. The van der Waals surface area contributed by atoms with Crippen LogP contribution in [-0.2, 0) is 0 Å². The fourth-order valence-corrected chi connectivity index (χ4v) is 2.48. The molecule has 7 nitrogen and oxygen atoms in total. The number of aromatic nitrogens is 4. The molecule has 0 saturated heterocycles. The monoisotopic (exact) mass is 344 g/mol. The van der Waals surface area contributed by atoms with Crippen molar-refractivity contribution >= 4 is 17.7 Å². The van der Waals surface area contributed by atoms with Crippen LogP contribution in [0.2, 0.25) is 0 Å². The summed E-state index contributed by atoms with van der Waals surface area (Å²) in [7, 11) is 1.64. The average molecular weight is 344 g/mol. The van der Waals surface area contributed by atoms with Crippen LogP contribution in [0, 0.1) is 0 Å². The van der Waals surface area contributed by atoms with E-state index in [1.54, 1.807) is 17.8 Å². The first-order valence-electron chi connectivity index (χ1n) is 8.04. The molecule has 2 aromatic heterocycles. The first-order chi connectivity index (χ1) is 12.8. The van der Waals surface area contributed by atoms with Gasteiger partial charge in [-0.2, -0.15) is 9.62 Å². The van der Waals surface area contributed by atoms with Gasteiger partial charge < -0.3 is 4.74 Å². The largest absolute Gasteiger partial charge is 0.497 e. The Morgan fingerprint density at radius 2 is 1.77 bits per heavy atom. The summed E-state index contributed by atoms with van der Waals surface area (Å²) in [5.74, 6) is 2.09. The Bertz CT molecular complexity index is 1040. The lowest BCUT2D eigenvalue weighted by atomic mass is 10.2. The van der Waals surface area contributed by atoms with E-state index in [0.717, 1.165) is 16.9 Å². The molecule has 0 amide bonds. The Balaban J connectivity index is 1.56. The number of anilines is 1. The van der Waals surface area contributed by atoms with Crippen molar-refractivity contribution in [2.75, 3.05) is 12.5 Å². The number of hydrogen-bond acceptors (Lipinski definition) is 6. The maximum absolute atomic E-state index is 5.14. The number of rotatable bonds is 5. The summed E-state index contributed by atoms with van der Waals surface area (Å²) in [5.41, 5.74) is 5.51. The van der Waals surface area contributed by atoms with E-state index in [9.17, 15) is 0 Å². The lowest BCUT2D eigenvalue weighted by Crippen LogP contribution is -2.00. The molecule has 2 aromatic carbocycles. The minimum absolute atomic E-state index is 0.597. The van der Waals surface area contributed by atoms with Crippen molar-refractivity contribution < 1.29 is 4.74 Å². The number of ether oxygens (including phenoxy) is 1. The third-order valence-corrected chi connectivity index (χ3v) is 3.80. The van der Waals surface area contributed by atoms with E-state index in [0.29, 0.717) is 17.3 Å². The van der Waals surface area contributed by atoms with Gasteiger partial charge in [-0.1, -0.05) is 30.3 Å². The zero-order valence-electron chi connectivity index (χ0n) is 14.1. The van der Waals surface area contributed by atoms with E-state index < -0.39 is 0 Å². The standard InChI is InChI=1S/C19H16N6O/c1-26-16-9-7-14(8-10-16)13-20-21-17-11-12-18-22-23-19(25(18)24-17)15-5-3-2-4-6-15/h2-13H,1H3,(H,21,24)/b20-13-. The summed E-state index contributed by atoms with van der Waals surface area (Å²) >= 11 is 0. The molecular formula is C19H16N6O. The summed E-state index contributed by atoms with van der Waals surface area (Å²) < 4.78 is 6.83. The smallest absolute Gasteiger partial charge is 0.185 e. The number of fused-ring (bicyclic) bond motifs is 1. The Morgan fingerprint density at radius 1 is 0.962 bits per heavy atom. The highest BCUT2D eigenvalue weighted by molar-refractivity contribution is 5.80. The zero-order chi connectivity index (χ0) is 17.8. The minimum Gasteiger partial charge on any atom is -0.497 e. The molecule has 0 aliphatic carbocycles. The van der Waals surface area contributed by atoms with Crippen LogP contribution in [0.5, 0.6) is 5.75 Å². The lowest BCUT2D eigenvalue weighted by Gasteiger charge is -2.02. The van der Waals surface area contributed by atoms with Gasteiger partial charge in [-0.25, -0.2) is 0 Å². The third-order valence-electron chi connectivity index (χ3n) is 3.80. The predicted octanol–water partition coefficient (Wildman–Crippen LogP) is 3.25. The predicted molar refractivity (Wildman–Crippen MR) is 100 cm³/mol. The molecule has 128 valence electrons. The van der Waals surface area contributed by atoms with Gasteiger partial charge in [0, 0.05) is 5.56 Å². The Hall–Kier alpha value is -3.74. The van der Waals surface area contributed by atoms with Crippen LogP contribution in [-0.4, -0.2) is 33.1 Å². The Labute approximate surface area is 150 Å². The summed E-state index contributed by atoms with van der Waals surface area (Å²) in [6.07, 6.45) is 1.72. The third kappa shape index (κ3) is 3.23. The van der Waals surface area contributed by atoms with Crippen molar-refractivity contribution in [2.45, 2.75) is 0 Å². The average Bonchev–Trinajstić information content (AvgIpc) is 3.12. The molecular weight excluding hydrogens is 328 g/mol. The molecule has 4 aromatic rings. The van der Waals surface area contributed by atoms with Crippen molar-refractivity contribution in [1.82, 2.24) is 19.8 Å². The highest BCUT2D eigenvalue weighted by atomic mass is 16.5. The van der Waals surface area contributed by atoms with Gasteiger partial charge >= 0.3 is 0 Å². The van der Waals surface area contributed by atoms with E-state index in [-0.39, 0.29) is 0 Å². The summed E-state index contributed by atoms with van der Waals surface area (Å²) in [5, 5.41) is 17.1. The van der Waals surface area contributed by atoms with Crippen LogP contribution in [0.1, 0.15) is 5.56 Å². The molecule has 0 bridgehead atoms. The van der Waals surface area contributed by atoms with Crippen LogP contribution in [0.4, 0.5) is 5.82 Å². The van der Waals surface area contributed by atoms with Gasteiger partial charge in [0.25, 0.3) is 0 Å². The zero-order valence-corrected chi connectivity index (χ0v) is 14.1. The molecule has 7 heteroatoms. The maximum Gasteiger partial charge on any atom is 0.185 e. The molecule has 0 saturated carbocycles. The first-order valence-corrected chi connectivity index (χ1v) is 8.04. The van der Waals surface area contributed by atoms with Crippen molar-refractivity contribution in [2.24, 2.45) is 5.10 Å². The first kappa shape index (κ1) is 15.8. The van der Waals surface area contributed by atoms with Gasteiger partial charge in [-0.3, -0.25) is 5.43 Å². The number of nitrogens with zero attached hydrogens (tertiary/aromatic N) is 5. The van der Waals surface area contributed by atoms with Gasteiger partial charge in [-0.15, -0.1) is 15.3 Å². The number of hydrazone groups is 1. The van der Waals surface area contributed by atoms with Crippen LogP contribution in [0.25, 0.3) is 17.0 Å². The van der Waals surface area contributed by atoms with E-state index in [1.165, 1.54) is 0 Å². The number of nitrogens with one attached hydrogen (secondary N) is 1. The van der Waals surface area contributed by atoms with Crippen LogP contribution in [0.15, 0.2) is 71.8 Å². The molecule has 0 aliphatic heterocycles. The second-order valence-corrected chi connectivity index (χ2v) is 5.52. The van der Waals surface area contributed by atoms with Crippen molar-refractivity contribution in [3.05, 3.63) is 72.3 Å². The Morgan fingerprint density at radius 3 is 2.54 bits per heavy atom. The Kier molecular flexibility index (Phi) is 4.26. The highest BCUT2D eigenvalue weighted by Gasteiger charge is 2.09. The van der Waals surface area contributed by atoms with Gasteiger partial charge in [-0.05, 0) is 42.0 Å². The summed E-state index contributed by atoms with van der Waals surface area (Å²) in [4.78, 5) is 0. The van der Waals surface area contributed by atoms with Gasteiger partial charge in [0.05, 0.1) is 13.3 Å². The molecule has 1 N–H and O–H groups in total. The van der Waals surface area contributed by atoms with Crippen LogP contribution < -0.4 is 10.2 Å². The second kappa shape index (κ2) is 7.02. The molecule has 0 fully saturated rings. The number of methoxy groups -OCH3 is 1. The number of benzene rings is 2. The van der Waals surface area contributed by atoms with E-state index in [2.05, 4.69) is 25.8 Å². The molecule has 2 heterocycles. The molecule has 4 rings (SSSR count). The molecule has 0 unspecified atom stereocenters. The fraction of sp³-hybridized carbons (Fsp3) is 0.0526. The van der Waals surface area contributed by atoms with E-state index in [1.807, 2.05) is 66.7 Å².